The van der Waals surface area contributed by atoms with Gasteiger partial charge in [-0.3, -0.25) is 4.68 Å². The number of fused-ring (bicyclic) bond motifs is 1. The van der Waals surface area contributed by atoms with E-state index < -0.39 is 23.7 Å². The zero-order valence-electron chi connectivity index (χ0n) is 18.0. The molecule has 2 aromatic carbocycles. The van der Waals surface area contributed by atoms with Gasteiger partial charge in [-0.2, -0.15) is 28.5 Å². The number of hydrogen-bond donors (Lipinski definition) is 0. The molecule has 12 heteroatoms. The number of halogens is 5. The van der Waals surface area contributed by atoms with Crippen LogP contribution in [0.4, 0.5) is 22.0 Å². The van der Waals surface area contributed by atoms with Crippen molar-refractivity contribution in [1.29, 1.82) is 0 Å². The van der Waals surface area contributed by atoms with Crippen molar-refractivity contribution >= 4 is 0 Å². The van der Waals surface area contributed by atoms with Crippen LogP contribution in [-0.2, 0) is 6.54 Å². The summed E-state index contributed by atoms with van der Waals surface area (Å²) in [5.74, 6) is -2.05. The third-order valence-electron chi connectivity index (χ3n) is 5.06. The van der Waals surface area contributed by atoms with Gasteiger partial charge in [0.05, 0.1) is 35.9 Å². The van der Waals surface area contributed by atoms with Gasteiger partial charge >= 0.3 is 12.1 Å². The Morgan fingerprint density at radius 1 is 0.833 bits per heavy atom. The highest BCUT2D eigenvalue weighted by Gasteiger charge is 2.18. The van der Waals surface area contributed by atoms with Crippen molar-refractivity contribution in [1.82, 2.24) is 29.9 Å². The summed E-state index contributed by atoms with van der Waals surface area (Å²) in [6.07, 6.45) is 0.519. The summed E-state index contributed by atoms with van der Waals surface area (Å²) >= 11 is 0. The molecule has 36 heavy (non-hydrogen) atoms. The van der Waals surface area contributed by atoms with Gasteiger partial charge in [-0.05, 0) is 48.5 Å². The summed E-state index contributed by atoms with van der Waals surface area (Å²) in [7, 11) is 0. The summed E-state index contributed by atoms with van der Waals surface area (Å²) in [5.41, 5.74) is 2.49. The molecule has 7 nitrogen and oxygen atoms in total. The molecule has 0 radical (unpaired) electrons. The van der Waals surface area contributed by atoms with Crippen molar-refractivity contribution in [3.05, 3.63) is 96.4 Å². The lowest BCUT2D eigenvalue weighted by Crippen LogP contribution is -2.07. The normalized spacial score (nSPS) is 11.0. The van der Waals surface area contributed by atoms with E-state index in [4.69, 9.17) is 0 Å². The molecule has 3 aromatic rings. The number of benzene rings is 2. The first kappa shape index (κ1) is 23.0. The Morgan fingerprint density at radius 3 is 2.33 bits per heavy atom. The Labute approximate surface area is 199 Å². The van der Waals surface area contributed by atoms with E-state index in [9.17, 15) is 22.0 Å². The SMILES string of the molecule is FC(F)=C(F)Oc1ccc(-c2ccc(Cn3cc4nc(-c5cccc(F)c5F)nc-4cn3)nn2)cc1. The number of aromatic nitrogens is 6. The van der Waals surface area contributed by atoms with Gasteiger partial charge < -0.3 is 4.74 Å². The first-order valence-electron chi connectivity index (χ1n) is 10.3. The molecule has 0 aliphatic carbocycles. The van der Waals surface area contributed by atoms with Crippen molar-refractivity contribution in [3.8, 4) is 39.8 Å². The van der Waals surface area contributed by atoms with Crippen LogP contribution in [0.5, 0.6) is 5.75 Å². The summed E-state index contributed by atoms with van der Waals surface area (Å²) in [6.45, 7) is 0.243. The van der Waals surface area contributed by atoms with Gasteiger partial charge in [0.1, 0.15) is 17.1 Å². The molecule has 180 valence electrons. The summed E-state index contributed by atoms with van der Waals surface area (Å²) in [4.78, 5) is 8.50. The van der Waals surface area contributed by atoms with E-state index in [0.717, 1.165) is 6.07 Å². The lowest BCUT2D eigenvalue weighted by Gasteiger charge is -2.07. The quantitative estimate of drug-likeness (QED) is 0.224. The maximum Gasteiger partial charge on any atom is 0.344 e. The van der Waals surface area contributed by atoms with E-state index in [1.807, 2.05) is 0 Å². The third kappa shape index (κ3) is 4.73. The fourth-order valence-electron chi connectivity index (χ4n) is 3.34. The van der Waals surface area contributed by atoms with Crippen molar-refractivity contribution in [2.24, 2.45) is 0 Å². The summed E-state index contributed by atoms with van der Waals surface area (Å²) in [5, 5.41) is 12.6. The highest BCUT2D eigenvalue weighted by Crippen LogP contribution is 2.27. The molecule has 2 aliphatic rings. The van der Waals surface area contributed by atoms with E-state index >= 15 is 0 Å². The smallest absolute Gasteiger partial charge is 0.344 e. The molecule has 0 N–H and O–H groups in total. The monoisotopic (exact) mass is 496 g/mol. The molecule has 0 atom stereocenters. The van der Waals surface area contributed by atoms with Crippen LogP contribution >= 0.6 is 0 Å². The van der Waals surface area contributed by atoms with Crippen LogP contribution in [0.25, 0.3) is 34.0 Å². The minimum atomic E-state index is -2.54. The van der Waals surface area contributed by atoms with Gasteiger partial charge in [-0.1, -0.05) is 6.07 Å². The van der Waals surface area contributed by atoms with Crippen LogP contribution in [0, 0.1) is 11.6 Å². The Bertz CT molecular complexity index is 1530. The van der Waals surface area contributed by atoms with E-state index in [1.54, 1.807) is 23.0 Å². The molecular weight excluding hydrogens is 483 g/mol. The predicted octanol–water partition coefficient (Wildman–Crippen LogP) is 5.64. The molecule has 3 heterocycles. The van der Waals surface area contributed by atoms with Crippen LogP contribution < -0.4 is 4.74 Å². The zero-order chi connectivity index (χ0) is 25.2. The predicted molar refractivity (Wildman–Crippen MR) is 117 cm³/mol. The lowest BCUT2D eigenvalue weighted by atomic mass is 10.1. The molecule has 0 saturated heterocycles. The van der Waals surface area contributed by atoms with Crippen LogP contribution in [0.15, 0.2) is 79.1 Å². The van der Waals surface area contributed by atoms with Gasteiger partial charge in [-0.25, -0.2) is 18.7 Å². The fraction of sp³-hybridized carbons (Fsp3) is 0.0417. The second-order valence-electron chi connectivity index (χ2n) is 7.46. The summed E-state index contributed by atoms with van der Waals surface area (Å²) in [6, 6.07) is 11.0. The highest BCUT2D eigenvalue weighted by molar-refractivity contribution is 5.65. The van der Waals surface area contributed by atoms with E-state index in [0.29, 0.717) is 28.3 Å². The Kier molecular flexibility index (Phi) is 6.07. The van der Waals surface area contributed by atoms with Crippen LogP contribution in [0.3, 0.4) is 0 Å². The lowest BCUT2D eigenvalue weighted by molar-refractivity contribution is 0.241. The number of hydrogen-bond acceptors (Lipinski definition) is 6. The van der Waals surface area contributed by atoms with Crippen molar-refractivity contribution < 1.29 is 26.7 Å². The molecule has 1 aromatic heterocycles. The van der Waals surface area contributed by atoms with Gasteiger partial charge in [0.15, 0.2) is 17.5 Å². The topological polar surface area (TPSA) is 78.6 Å². The van der Waals surface area contributed by atoms with Crippen LogP contribution in [0.1, 0.15) is 5.69 Å². The second kappa shape index (κ2) is 9.49. The average Bonchev–Trinajstić information content (AvgIpc) is 3.30. The van der Waals surface area contributed by atoms with Crippen LogP contribution in [0.2, 0.25) is 0 Å². The number of rotatable bonds is 6. The van der Waals surface area contributed by atoms with Gasteiger partial charge in [0.25, 0.3) is 0 Å². The minimum Gasteiger partial charge on any atom is -0.428 e. The molecule has 0 saturated carbocycles. The first-order chi connectivity index (χ1) is 17.4. The molecule has 0 bridgehead atoms. The Morgan fingerprint density at radius 2 is 1.61 bits per heavy atom. The van der Waals surface area contributed by atoms with E-state index in [1.165, 1.54) is 42.6 Å². The van der Waals surface area contributed by atoms with Gasteiger partial charge in [-0.15, -0.1) is 0 Å². The number of ether oxygens (including phenoxy) is 1. The Balaban J connectivity index is 1.31. The molecule has 5 rings (SSSR count). The molecular formula is C24H13F5N6O. The van der Waals surface area contributed by atoms with Crippen molar-refractivity contribution in [2.75, 3.05) is 0 Å². The third-order valence-corrected chi connectivity index (χ3v) is 5.06. The maximum absolute atomic E-state index is 14.1. The second-order valence-corrected chi connectivity index (χ2v) is 7.46. The largest absolute Gasteiger partial charge is 0.428 e. The number of imidazole rings is 1. The molecule has 2 aliphatic heterocycles. The highest BCUT2D eigenvalue weighted by atomic mass is 19.3. The van der Waals surface area contributed by atoms with Crippen molar-refractivity contribution in [3.63, 3.8) is 0 Å². The molecule has 0 spiro atoms. The number of nitrogens with zero attached hydrogens (tertiary/aromatic N) is 6. The molecule has 0 amide bonds. The molecule has 0 unspecified atom stereocenters. The van der Waals surface area contributed by atoms with E-state index in [2.05, 4.69) is 30.0 Å². The minimum absolute atomic E-state index is 0.0463. The van der Waals surface area contributed by atoms with Gasteiger partial charge in [0.2, 0.25) is 0 Å². The average molecular weight is 496 g/mol. The zero-order valence-corrected chi connectivity index (χ0v) is 18.0. The molecule has 0 fully saturated rings. The van der Waals surface area contributed by atoms with Crippen LogP contribution in [-0.4, -0.2) is 29.9 Å². The Hall–Kier alpha value is -4.74. The van der Waals surface area contributed by atoms with Gasteiger partial charge in [0, 0.05) is 5.56 Å². The van der Waals surface area contributed by atoms with Crippen molar-refractivity contribution in [2.45, 2.75) is 6.54 Å². The first-order valence-corrected chi connectivity index (χ1v) is 10.3. The fourth-order valence-corrected chi connectivity index (χ4v) is 3.34. The summed E-state index contributed by atoms with van der Waals surface area (Å²) < 4.78 is 70.8. The standard InChI is InChI=1S/C24H13F5N6O/c25-17-3-1-2-16(21(17)26)24-31-19-10-30-35(12-20(19)32-24)11-14-6-9-18(34-33-14)13-4-7-15(8-5-13)36-23(29)22(27)28/h1-10,12H,11H2. The van der Waals surface area contributed by atoms with E-state index in [-0.39, 0.29) is 23.7 Å². The maximum atomic E-state index is 14.1.